The number of H-pyrrole nitrogens is 1. The number of ether oxygens (including phenoxy) is 1. The van der Waals surface area contributed by atoms with Crippen molar-refractivity contribution in [1.82, 2.24) is 10.2 Å². The zero-order valence-electron chi connectivity index (χ0n) is 9.02. The lowest BCUT2D eigenvalue weighted by Crippen LogP contribution is -2.24. The first kappa shape index (κ1) is 10.6. The van der Waals surface area contributed by atoms with Crippen LogP contribution >= 0.6 is 0 Å². The number of methoxy groups -OCH3 is 1. The Morgan fingerprint density at radius 1 is 1.47 bits per heavy atom. The number of aliphatic hydroxyl groups is 1. The Morgan fingerprint density at radius 2 is 2.20 bits per heavy atom. The molecule has 1 aromatic rings. The third-order valence-electron chi connectivity index (χ3n) is 3.36. The third-order valence-corrected chi connectivity index (χ3v) is 3.36. The number of nitrogens with one attached hydrogen (secondary N) is 1. The summed E-state index contributed by atoms with van der Waals surface area (Å²) in [6.45, 7) is 0. The van der Waals surface area contributed by atoms with E-state index in [1.54, 1.807) is 19.5 Å². The van der Waals surface area contributed by atoms with Crippen molar-refractivity contribution in [3.63, 3.8) is 0 Å². The fourth-order valence-corrected chi connectivity index (χ4v) is 2.33. The molecule has 2 N–H and O–H groups in total. The highest BCUT2D eigenvalue weighted by atomic mass is 16.5. The molecule has 1 aliphatic carbocycles. The van der Waals surface area contributed by atoms with Gasteiger partial charge in [-0.15, -0.1) is 0 Å². The lowest BCUT2D eigenvalue weighted by atomic mass is 9.82. The highest BCUT2D eigenvalue weighted by Gasteiger charge is 2.27. The second-order valence-electron chi connectivity index (χ2n) is 4.25. The van der Waals surface area contributed by atoms with Gasteiger partial charge in [-0.3, -0.25) is 5.10 Å². The zero-order chi connectivity index (χ0) is 10.7. The van der Waals surface area contributed by atoms with E-state index in [1.807, 2.05) is 0 Å². The maximum atomic E-state index is 10.1. The van der Waals surface area contributed by atoms with Crippen LogP contribution in [0.4, 0.5) is 0 Å². The van der Waals surface area contributed by atoms with Gasteiger partial charge in [-0.25, -0.2) is 0 Å². The van der Waals surface area contributed by atoms with Crippen LogP contribution in [0.5, 0.6) is 0 Å². The molecule has 0 saturated heterocycles. The summed E-state index contributed by atoms with van der Waals surface area (Å²) in [4.78, 5) is 0. The molecule has 0 aliphatic heterocycles. The van der Waals surface area contributed by atoms with E-state index in [0.717, 1.165) is 31.2 Å². The smallest absolute Gasteiger partial charge is 0.0848 e. The molecule has 1 unspecified atom stereocenters. The summed E-state index contributed by atoms with van der Waals surface area (Å²) in [5.41, 5.74) is 0.899. The number of rotatable bonds is 3. The molecule has 0 aromatic carbocycles. The van der Waals surface area contributed by atoms with Gasteiger partial charge >= 0.3 is 0 Å². The summed E-state index contributed by atoms with van der Waals surface area (Å²) in [7, 11) is 1.76. The van der Waals surface area contributed by atoms with Crippen LogP contribution < -0.4 is 0 Å². The highest BCUT2D eigenvalue weighted by molar-refractivity contribution is 5.08. The molecule has 1 fully saturated rings. The van der Waals surface area contributed by atoms with Crippen molar-refractivity contribution in [2.24, 2.45) is 5.92 Å². The lowest BCUT2D eigenvalue weighted by Gasteiger charge is -2.30. The molecule has 1 saturated carbocycles. The van der Waals surface area contributed by atoms with E-state index < -0.39 is 0 Å². The van der Waals surface area contributed by atoms with Crippen molar-refractivity contribution in [2.75, 3.05) is 7.11 Å². The minimum atomic E-state index is -0.374. The molecular formula is C11H18N2O2. The number of aromatic nitrogens is 2. The van der Waals surface area contributed by atoms with Gasteiger partial charge in [-0.05, 0) is 31.6 Å². The Balaban J connectivity index is 1.90. The van der Waals surface area contributed by atoms with Gasteiger partial charge in [-0.1, -0.05) is 0 Å². The molecule has 84 valence electrons. The molecule has 0 radical (unpaired) electrons. The molecule has 2 rings (SSSR count). The van der Waals surface area contributed by atoms with Crippen molar-refractivity contribution in [2.45, 2.75) is 37.9 Å². The van der Waals surface area contributed by atoms with Crippen LogP contribution in [-0.4, -0.2) is 28.5 Å². The number of hydrogen-bond acceptors (Lipinski definition) is 3. The number of hydrogen-bond donors (Lipinski definition) is 2. The van der Waals surface area contributed by atoms with Crippen LogP contribution in [0.2, 0.25) is 0 Å². The number of aromatic amines is 1. The van der Waals surface area contributed by atoms with Crippen molar-refractivity contribution in [1.29, 1.82) is 0 Å². The summed E-state index contributed by atoms with van der Waals surface area (Å²) < 4.78 is 5.31. The van der Waals surface area contributed by atoms with E-state index >= 15 is 0 Å². The molecular weight excluding hydrogens is 192 g/mol. The van der Waals surface area contributed by atoms with Gasteiger partial charge in [0.05, 0.1) is 18.4 Å². The lowest BCUT2D eigenvalue weighted by molar-refractivity contribution is 0.0185. The molecule has 1 atom stereocenters. The first-order valence-electron chi connectivity index (χ1n) is 5.50. The molecule has 1 aromatic heterocycles. The van der Waals surface area contributed by atoms with E-state index in [0.29, 0.717) is 12.0 Å². The average Bonchev–Trinajstić information content (AvgIpc) is 2.82. The van der Waals surface area contributed by atoms with Crippen LogP contribution in [0.3, 0.4) is 0 Å². The van der Waals surface area contributed by atoms with Gasteiger partial charge in [-0.2, -0.15) is 5.10 Å². The molecule has 1 heterocycles. The van der Waals surface area contributed by atoms with E-state index in [9.17, 15) is 5.11 Å². The molecule has 4 heteroatoms. The summed E-state index contributed by atoms with van der Waals surface area (Å²) in [5, 5.41) is 16.7. The Kier molecular flexibility index (Phi) is 3.38. The molecule has 0 bridgehead atoms. The second-order valence-corrected chi connectivity index (χ2v) is 4.25. The quantitative estimate of drug-likeness (QED) is 0.797. The topological polar surface area (TPSA) is 58.1 Å². The summed E-state index contributed by atoms with van der Waals surface area (Å²) >= 11 is 0. The van der Waals surface area contributed by atoms with Crippen LogP contribution in [0, 0.1) is 5.92 Å². The van der Waals surface area contributed by atoms with Crippen LogP contribution in [0.1, 0.15) is 37.4 Å². The minimum Gasteiger partial charge on any atom is -0.388 e. The number of nitrogens with zero attached hydrogens (tertiary/aromatic N) is 1. The molecule has 15 heavy (non-hydrogen) atoms. The standard InChI is InChI=1S/C11H18N2O2/c1-15-10-4-2-8(3-5-10)11(14)9-6-12-13-7-9/h6-8,10-11,14H,2-5H2,1H3,(H,12,13). The maximum absolute atomic E-state index is 10.1. The minimum absolute atomic E-state index is 0.356. The highest BCUT2D eigenvalue weighted by Crippen LogP contribution is 2.34. The van der Waals surface area contributed by atoms with Crippen LogP contribution in [0.25, 0.3) is 0 Å². The Morgan fingerprint density at radius 3 is 2.73 bits per heavy atom. The monoisotopic (exact) mass is 210 g/mol. The van der Waals surface area contributed by atoms with Gasteiger partial charge in [0.15, 0.2) is 0 Å². The third kappa shape index (κ3) is 2.38. The van der Waals surface area contributed by atoms with Crippen molar-refractivity contribution >= 4 is 0 Å². The average molecular weight is 210 g/mol. The predicted octanol–water partition coefficient (Wildman–Crippen LogP) is 1.65. The zero-order valence-corrected chi connectivity index (χ0v) is 9.02. The van der Waals surface area contributed by atoms with E-state index in [1.165, 1.54) is 0 Å². The Bertz CT molecular complexity index is 279. The fourth-order valence-electron chi connectivity index (χ4n) is 2.33. The second kappa shape index (κ2) is 4.77. The summed E-state index contributed by atoms with van der Waals surface area (Å²) in [6, 6.07) is 0. The van der Waals surface area contributed by atoms with Crippen molar-refractivity contribution in [3.05, 3.63) is 18.0 Å². The largest absolute Gasteiger partial charge is 0.388 e. The fraction of sp³-hybridized carbons (Fsp3) is 0.727. The van der Waals surface area contributed by atoms with Gasteiger partial charge < -0.3 is 9.84 Å². The van der Waals surface area contributed by atoms with Crippen molar-refractivity contribution in [3.8, 4) is 0 Å². The van der Waals surface area contributed by atoms with Crippen molar-refractivity contribution < 1.29 is 9.84 Å². The predicted molar refractivity (Wildman–Crippen MR) is 56.3 cm³/mol. The van der Waals surface area contributed by atoms with Gasteiger partial charge in [0.1, 0.15) is 0 Å². The molecule has 0 amide bonds. The molecule has 1 aliphatic rings. The van der Waals surface area contributed by atoms with Crippen LogP contribution in [-0.2, 0) is 4.74 Å². The van der Waals surface area contributed by atoms with E-state index in [-0.39, 0.29) is 6.10 Å². The normalized spacial score (nSPS) is 28.9. The van der Waals surface area contributed by atoms with Crippen LogP contribution in [0.15, 0.2) is 12.4 Å². The molecule has 4 nitrogen and oxygen atoms in total. The summed E-state index contributed by atoms with van der Waals surface area (Å²) in [5.74, 6) is 0.356. The van der Waals surface area contributed by atoms with Gasteiger partial charge in [0, 0.05) is 18.9 Å². The van der Waals surface area contributed by atoms with E-state index in [2.05, 4.69) is 10.2 Å². The first-order valence-corrected chi connectivity index (χ1v) is 5.50. The van der Waals surface area contributed by atoms with E-state index in [4.69, 9.17) is 4.74 Å². The number of aliphatic hydroxyl groups excluding tert-OH is 1. The molecule has 0 spiro atoms. The first-order chi connectivity index (χ1) is 7.31. The van der Waals surface area contributed by atoms with Gasteiger partial charge in [0.2, 0.25) is 0 Å². The Hall–Kier alpha value is -0.870. The SMILES string of the molecule is COC1CCC(C(O)c2cn[nH]c2)CC1. The maximum Gasteiger partial charge on any atom is 0.0848 e. The summed E-state index contributed by atoms with van der Waals surface area (Å²) in [6.07, 6.45) is 7.65. The Labute approximate surface area is 89.7 Å². The van der Waals surface area contributed by atoms with Gasteiger partial charge in [0.25, 0.3) is 0 Å².